The van der Waals surface area contributed by atoms with E-state index in [-0.39, 0.29) is 18.6 Å². The van der Waals surface area contributed by atoms with Crippen molar-refractivity contribution >= 4 is 5.97 Å². The maximum atomic E-state index is 11.4. The third-order valence-corrected chi connectivity index (χ3v) is 3.12. The molecule has 1 aliphatic rings. The molecule has 4 nitrogen and oxygen atoms in total. The number of carbonyl (C=O) groups is 1. The molecule has 4 heteroatoms. The topological polar surface area (TPSA) is 47.6 Å². The van der Waals surface area contributed by atoms with Crippen LogP contribution in [0.1, 0.15) is 25.3 Å². The zero-order valence-corrected chi connectivity index (χ0v) is 11.4. The average Bonchev–Trinajstić information content (AvgIpc) is 2.81. The van der Waals surface area contributed by atoms with E-state index in [0.717, 1.165) is 25.0 Å². The second kappa shape index (κ2) is 7.14. The minimum absolute atomic E-state index is 0.112. The van der Waals surface area contributed by atoms with Crippen LogP contribution in [0.3, 0.4) is 0 Å². The fourth-order valence-corrected chi connectivity index (χ4v) is 2.08. The summed E-state index contributed by atoms with van der Waals surface area (Å²) in [5, 5.41) is 3.09. The third kappa shape index (κ3) is 4.24. The number of fused-ring (bicyclic) bond motifs is 1. The highest BCUT2D eigenvalue weighted by molar-refractivity contribution is 5.71. The first kappa shape index (κ1) is 13.9. The lowest BCUT2D eigenvalue weighted by atomic mass is 10.1. The van der Waals surface area contributed by atoms with E-state index in [1.807, 2.05) is 18.2 Å². The van der Waals surface area contributed by atoms with Gasteiger partial charge < -0.3 is 14.8 Å². The number of ether oxygens (including phenoxy) is 2. The highest BCUT2D eigenvalue weighted by atomic mass is 16.5. The number of esters is 1. The summed E-state index contributed by atoms with van der Waals surface area (Å²) >= 11 is 0. The number of carbonyl (C=O) groups excluding carboxylic acids is 1. The molecule has 0 saturated carbocycles. The summed E-state index contributed by atoms with van der Waals surface area (Å²) in [4.78, 5) is 11.4. The van der Waals surface area contributed by atoms with Crippen LogP contribution in [-0.4, -0.2) is 31.8 Å². The highest BCUT2D eigenvalue weighted by Crippen LogP contribution is 2.27. The Balaban J connectivity index is 1.62. The monoisotopic (exact) mass is 263 g/mol. The second-order valence-corrected chi connectivity index (χ2v) is 4.76. The molecule has 0 spiro atoms. The van der Waals surface area contributed by atoms with Crippen LogP contribution in [0.4, 0.5) is 0 Å². The Kier molecular flexibility index (Phi) is 5.21. The summed E-state index contributed by atoms with van der Waals surface area (Å²) in [5.41, 5.74) is 1.24. The van der Waals surface area contributed by atoms with Crippen LogP contribution in [-0.2, 0) is 16.0 Å². The lowest BCUT2D eigenvalue weighted by Crippen LogP contribution is -2.34. The van der Waals surface area contributed by atoms with E-state index in [9.17, 15) is 4.79 Å². The van der Waals surface area contributed by atoms with Crippen LogP contribution in [0.2, 0.25) is 0 Å². The third-order valence-electron chi connectivity index (χ3n) is 3.12. The van der Waals surface area contributed by atoms with Gasteiger partial charge in [0, 0.05) is 13.0 Å². The van der Waals surface area contributed by atoms with Crippen molar-refractivity contribution in [1.82, 2.24) is 5.32 Å². The number of hydrogen-bond acceptors (Lipinski definition) is 4. The molecule has 1 atom stereocenters. The van der Waals surface area contributed by atoms with Gasteiger partial charge in [0.2, 0.25) is 0 Å². The Hall–Kier alpha value is -1.55. The lowest BCUT2D eigenvalue weighted by molar-refractivity contribution is -0.142. The van der Waals surface area contributed by atoms with Crippen LogP contribution in [0, 0.1) is 0 Å². The van der Waals surface area contributed by atoms with Gasteiger partial charge in [-0.2, -0.15) is 0 Å². The molecule has 1 unspecified atom stereocenters. The number of hydrogen-bond donors (Lipinski definition) is 1. The molecule has 0 fully saturated rings. The number of unbranched alkanes of at least 4 members (excludes halogenated alkanes) is 1. The van der Waals surface area contributed by atoms with Crippen LogP contribution in [0.15, 0.2) is 24.3 Å². The Morgan fingerprint density at radius 2 is 2.32 bits per heavy atom. The minimum atomic E-state index is -0.191. The largest absolute Gasteiger partial charge is 0.488 e. The van der Waals surface area contributed by atoms with Crippen molar-refractivity contribution in [1.29, 1.82) is 0 Å². The summed E-state index contributed by atoms with van der Waals surface area (Å²) in [6.45, 7) is 3.50. The number of benzene rings is 1. The summed E-state index contributed by atoms with van der Waals surface area (Å²) in [5.74, 6) is 0.767. The van der Waals surface area contributed by atoms with E-state index in [2.05, 4.69) is 18.3 Å². The van der Waals surface area contributed by atoms with Gasteiger partial charge in [-0.25, -0.2) is 0 Å². The quantitative estimate of drug-likeness (QED) is 0.603. The van der Waals surface area contributed by atoms with Gasteiger partial charge >= 0.3 is 5.97 Å². The number of rotatable bonds is 7. The second-order valence-electron chi connectivity index (χ2n) is 4.76. The van der Waals surface area contributed by atoms with E-state index in [4.69, 9.17) is 9.47 Å². The first-order valence-corrected chi connectivity index (χ1v) is 6.90. The summed E-state index contributed by atoms with van der Waals surface area (Å²) in [7, 11) is 0. The van der Waals surface area contributed by atoms with Crippen LogP contribution in [0.25, 0.3) is 0 Å². The van der Waals surface area contributed by atoms with Crippen LogP contribution >= 0.6 is 0 Å². The van der Waals surface area contributed by atoms with Crippen molar-refractivity contribution in [2.75, 3.05) is 19.7 Å². The van der Waals surface area contributed by atoms with Crippen molar-refractivity contribution in [3.05, 3.63) is 29.8 Å². The van der Waals surface area contributed by atoms with E-state index in [1.54, 1.807) is 0 Å². The molecule has 0 saturated heterocycles. The normalized spacial score (nSPS) is 16.8. The fraction of sp³-hybridized carbons (Fsp3) is 0.533. The van der Waals surface area contributed by atoms with E-state index >= 15 is 0 Å². The highest BCUT2D eigenvalue weighted by Gasteiger charge is 2.21. The first-order valence-electron chi connectivity index (χ1n) is 6.90. The molecule has 0 radical (unpaired) electrons. The van der Waals surface area contributed by atoms with Gasteiger partial charge in [0.15, 0.2) is 0 Å². The molecule has 1 N–H and O–H groups in total. The smallest absolute Gasteiger partial charge is 0.319 e. The van der Waals surface area contributed by atoms with Crippen LogP contribution < -0.4 is 10.1 Å². The SMILES string of the molecule is CCCCOC(=O)CNCC1Cc2ccccc2O1. The predicted octanol–water partition coefficient (Wildman–Crippen LogP) is 1.92. The average molecular weight is 263 g/mol. The summed E-state index contributed by atoms with van der Waals surface area (Å²) in [6.07, 6.45) is 2.97. The molecule has 0 aromatic heterocycles. The molecule has 0 aliphatic carbocycles. The fourth-order valence-electron chi connectivity index (χ4n) is 2.08. The molecule has 104 valence electrons. The Labute approximate surface area is 114 Å². The van der Waals surface area contributed by atoms with Crippen molar-refractivity contribution in [3.63, 3.8) is 0 Å². The molecule has 1 aliphatic heterocycles. The number of nitrogens with one attached hydrogen (secondary N) is 1. The first-order chi connectivity index (χ1) is 9.29. The van der Waals surface area contributed by atoms with Gasteiger partial charge in [0.1, 0.15) is 11.9 Å². The molecule has 0 bridgehead atoms. The Morgan fingerprint density at radius 3 is 3.11 bits per heavy atom. The van der Waals surface area contributed by atoms with Crippen molar-refractivity contribution in [2.45, 2.75) is 32.3 Å². The molecule has 0 amide bonds. The Morgan fingerprint density at radius 1 is 1.47 bits per heavy atom. The molecule has 19 heavy (non-hydrogen) atoms. The molecular weight excluding hydrogens is 242 g/mol. The van der Waals surface area contributed by atoms with Gasteiger partial charge in [0.05, 0.1) is 13.2 Å². The molecule has 1 aromatic rings. The van der Waals surface area contributed by atoms with E-state index in [1.165, 1.54) is 5.56 Å². The molecule has 2 rings (SSSR count). The van der Waals surface area contributed by atoms with Gasteiger partial charge in [-0.1, -0.05) is 31.5 Å². The van der Waals surface area contributed by atoms with Gasteiger partial charge in [-0.3, -0.25) is 4.79 Å². The molecule has 1 heterocycles. The Bertz CT molecular complexity index is 395. The van der Waals surface area contributed by atoms with E-state index < -0.39 is 0 Å². The lowest BCUT2D eigenvalue weighted by Gasteiger charge is -2.11. The zero-order valence-electron chi connectivity index (χ0n) is 11.4. The van der Waals surface area contributed by atoms with Crippen molar-refractivity contribution in [3.8, 4) is 5.75 Å². The zero-order chi connectivity index (χ0) is 13.5. The standard InChI is InChI=1S/C15H21NO3/c1-2-3-8-18-15(17)11-16-10-13-9-12-6-4-5-7-14(12)19-13/h4-7,13,16H,2-3,8-11H2,1H3. The summed E-state index contributed by atoms with van der Waals surface area (Å²) < 4.78 is 10.8. The predicted molar refractivity (Wildman–Crippen MR) is 73.3 cm³/mol. The minimum Gasteiger partial charge on any atom is -0.488 e. The van der Waals surface area contributed by atoms with E-state index in [0.29, 0.717) is 13.2 Å². The molecule has 1 aromatic carbocycles. The number of para-hydroxylation sites is 1. The maximum absolute atomic E-state index is 11.4. The van der Waals surface area contributed by atoms with Gasteiger partial charge in [-0.15, -0.1) is 0 Å². The van der Waals surface area contributed by atoms with Crippen molar-refractivity contribution in [2.24, 2.45) is 0 Å². The summed E-state index contributed by atoms with van der Waals surface area (Å²) in [6, 6.07) is 8.05. The van der Waals surface area contributed by atoms with Gasteiger partial charge in [-0.05, 0) is 18.1 Å². The van der Waals surface area contributed by atoms with Crippen LogP contribution in [0.5, 0.6) is 5.75 Å². The molecular formula is C15H21NO3. The van der Waals surface area contributed by atoms with Crippen molar-refractivity contribution < 1.29 is 14.3 Å². The maximum Gasteiger partial charge on any atom is 0.319 e. The van der Waals surface area contributed by atoms with Gasteiger partial charge in [0.25, 0.3) is 0 Å².